The van der Waals surface area contributed by atoms with Crippen LogP contribution in [-0.4, -0.2) is 91.7 Å². The monoisotopic (exact) mass is 593 g/mol. The summed E-state index contributed by atoms with van der Waals surface area (Å²) in [4.78, 5) is 22.7. The van der Waals surface area contributed by atoms with Crippen molar-refractivity contribution < 1.29 is 14.6 Å². The summed E-state index contributed by atoms with van der Waals surface area (Å²) in [6, 6.07) is 4.34. The molecule has 0 saturated carbocycles. The second kappa shape index (κ2) is 28.8. The van der Waals surface area contributed by atoms with Crippen LogP contribution >= 0.6 is 11.3 Å². The van der Waals surface area contributed by atoms with Gasteiger partial charge in [-0.2, -0.15) is 0 Å². The van der Waals surface area contributed by atoms with Crippen LogP contribution in [0.3, 0.4) is 0 Å². The number of aliphatic hydroxyl groups excluding tert-OH is 1. The minimum Gasteiger partial charge on any atom is -0.400 e. The van der Waals surface area contributed by atoms with Crippen LogP contribution in [-0.2, 0) is 9.53 Å². The van der Waals surface area contributed by atoms with Gasteiger partial charge in [0.1, 0.15) is 10.3 Å². The second-order valence-electron chi connectivity index (χ2n) is 8.74. The Labute approximate surface area is 252 Å². The number of hydrogen-bond donors (Lipinski definition) is 5. The number of carbonyl (C=O) groups excluding carboxylic acids is 1. The highest BCUT2D eigenvalue weighted by molar-refractivity contribution is 7.21. The predicted molar refractivity (Wildman–Crippen MR) is 176 cm³/mol. The highest BCUT2D eigenvalue weighted by Crippen LogP contribution is 2.24. The van der Waals surface area contributed by atoms with Crippen LogP contribution < -0.4 is 16.0 Å². The van der Waals surface area contributed by atoms with Crippen LogP contribution in [0, 0.1) is 5.41 Å². The summed E-state index contributed by atoms with van der Waals surface area (Å²) in [7, 11) is 2.94. The molecule has 1 amide bonds. The lowest BCUT2D eigenvalue weighted by atomic mass is 10.1. The summed E-state index contributed by atoms with van der Waals surface area (Å²) in [5.41, 5.74) is 2.09. The van der Waals surface area contributed by atoms with Crippen molar-refractivity contribution in [3.8, 4) is 0 Å². The molecule has 0 spiro atoms. The largest absolute Gasteiger partial charge is 0.400 e. The zero-order chi connectivity index (χ0) is 31.3. The van der Waals surface area contributed by atoms with Crippen molar-refractivity contribution in [2.75, 3.05) is 58.9 Å². The number of likely N-dealkylation sites (N-methyl/N-ethyl adjacent to an activating group) is 1. The van der Waals surface area contributed by atoms with Gasteiger partial charge in [0, 0.05) is 51.2 Å². The Bertz CT molecular complexity index is 905. The molecule has 2 aromatic rings. The zero-order valence-electron chi connectivity index (χ0n) is 26.3. The van der Waals surface area contributed by atoms with E-state index in [-0.39, 0.29) is 5.91 Å². The van der Waals surface area contributed by atoms with Crippen LogP contribution in [0.1, 0.15) is 60.3 Å². The molecule has 2 fully saturated rings. The number of hydrogen-bond acceptors (Lipinski definition) is 10. The number of pyridine rings is 1. The van der Waals surface area contributed by atoms with Gasteiger partial charge in [0.05, 0.1) is 13.2 Å². The fourth-order valence-electron chi connectivity index (χ4n) is 3.41. The topological polar surface area (TPSA) is 135 Å². The Kier molecular flexibility index (Phi) is 28.4. The summed E-state index contributed by atoms with van der Waals surface area (Å²) < 4.78 is 5.01. The first-order chi connectivity index (χ1) is 19.9. The molecule has 0 aliphatic carbocycles. The van der Waals surface area contributed by atoms with Crippen LogP contribution in [0.15, 0.2) is 42.8 Å². The van der Waals surface area contributed by atoms with Crippen molar-refractivity contribution in [2.45, 2.75) is 66.3 Å². The summed E-state index contributed by atoms with van der Waals surface area (Å²) in [6.45, 7) is 19.1. The molecule has 2 aliphatic rings. The number of nitrogens with one attached hydrogen (secondary N) is 4. The van der Waals surface area contributed by atoms with Gasteiger partial charge in [-0.1, -0.05) is 51.2 Å². The number of anilines is 1. The molecule has 10 nitrogen and oxygen atoms in total. The van der Waals surface area contributed by atoms with E-state index in [9.17, 15) is 4.79 Å². The SMILES string of the molecule is C1COCCN1.C=CC(=O)N1CCCC(NC)C1.CC/C=C(\C)Nc1nc2cccnc2s1.CC=N.CCC.CO. The third kappa shape index (κ3) is 20.8. The second-order valence-corrected chi connectivity index (χ2v) is 9.72. The number of aromatic nitrogens is 2. The van der Waals surface area contributed by atoms with Gasteiger partial charge in [-0.15, -0.1) is 0 Å². The fraction of sp³-hybridized carbons (Fsp3) is 0.600. The van der Waals surface area contributed by atoms with Gasteiger partial charge in [0.25, 0.3) is 0 Å². The number of piperidine rings is 1. The number of amides is 1. The Balaban J connectivity index is 0. The number of carbonyl (C=O) groups is 1. The maximum atomic E-state index is 11.2. The Morgan fingerprint density at radius 2 is 1.95 bits per heavy atom. The first-order valence-corrected chi connectivity index (χ1v) is 15.1. The van der Waals surface area contributed by atoms with Gasteiger partial charge in [-0.3, -0.25) is 4.79 Å². The van der Waals surface area contributed by atoms with E-state index in [1.807, 2.05) is 31.0 Å². The van der Waals surface area contributed by atoms with E-state index in [0.29, 0.717) is 6.04 Å². The molecule has 2 aromatic heterocycles. The standard InChI is InChI=1S/C11H13N3S.C9H16N2O.C4H9NO.C3H8.C2H5N.CH4O/c1-3-5-8(2)13-11-14-9-6-4-7-12-10(9)15-11;1-3-9(12)11-6-4-5-8(7-11)10-2;1-3-6-4-2-5-1;1-3-2;1-2-3;1-2/h4-7H,3H2,1-2H3,(H,13,14);3,8,10H,1,4-7H2,2H3;5H,1-4H2;3H2,1-2H3;2-3H,1H3;2H,1H3/b8-5+;;;;;. The lowest BCUT2D eigenvalue weighted by molar-refractivity contribution is -0.127. The number of morpholine rings is 1. The Hall–Kier alpha value is -2.70. The van der Waals surface area contributed by atoms with Crippen LogP contribution in [0.2, 0.25) is 0 Å². The van der Waals surface area contributed by atoms with Crippen LogP contribution in [0.4, 0.5) is 5.13 Å². The number of aliphatic hydroxyl groups is 1. The molecule has 1 atom stereocenters. The first-order valence-electron chi connectivity index (χ1n) is 14.3. The third-order valence-electron chi connectivity index (χ3n) is 5.14. The molecular formula is C30H55N7O3S. The minimum absolute atomic E-state index is 0.0509. The van der Waals surface area contributed by atoms with E-state index in [2.05, 4.69) is 59.3 Å². The molecule has 2 aliphatic heterocycles. The van der Waals surface area contributed by atoms with Crippen molar-refractivity contribution in [2.24, 2.45) is 0 Å². The van der Waals surface area contributed by atoms with Crippen molar-refractivity contribution >= 4 is 38.9 Å². The normalized spacial score (nSPS) is 15.8. The van der Waals surface area contributed by atoms with Gasteiger partial charge in [0.2, 0.25) is 5.91 Å². The molecule has 0 aromatic carbocycles. The number of nitrogens with zero attached hydrogens (tertiary/aromatic N) is 3. The van der Waals surface area contributed by atoms with E-state index in [4.69, 9.17) is 15.3 Å². The molecule has 5 N–H and O–H groups in total. The number of allylic oxidation sites excluding steroid dienone is 2. The fourth-order valence-corrected chi connectivity index (χ4v) is 4.28. The summed E-state index contributed by atoms with van der Waals surface area (Å²) >= 11 is 1.58. The van der Waals surface area contributed by atoms with Crippen LogP contribution in [0.5, 0.6) is 0 Å². The quantitative estimate of drug-likeness (QED) is 0.239. The summed E-state index contributed by atoms with van der Waals surface area (Å²) in [6.07, 6.45) is 11.1. The molecule has 0 bridgehead atoms. The minimum atomic E-state index is 0.0509. The maximum Gasteiger partial charge on any atom is 0.246 e. The van der Waals surface area contributed by atoms with E-state index >= 15 is 0 Å². The lowest BCUT2D eigenvalue weighted by Gasteiger charge is -2.31. The van der Waals surface area contributed by atoms with E-state index < -0.39 is 0 Å². The first kappa shape index (κ1) is 40.4. The molecule has 1 unspecified atom stereocenters. The van der Waals surface area contributed by atoms with Gasteiger partial charge in [0.15, 0.2) is 5.13 Å². The van der Waals surface area contributed by atoms with Crippen molar-refractivity contribution in [1.29, 1.82) is 5.41 Å². The summed E-state index contributed by atoms with van der Waals surface area (Å²) in [5, 5.41) is 23.6. The number of ether oxygens (including phenoxy) is 1. The van der Waals surface area contributed by atoms with Crippen LogP contribution in [0.25, 0.3) is 10.3 Å². The molecule has 41 heavy (non-hydrogen) atoms. The smallest absolute Gasteiger partial charge is 0.246 e. The van der Waals surface area contributed by atoms with Gasteiger partial charge >= 0.3 is 0 Å². The predicted octanol–water partition coefficient (Wildman–Crippen LogP) is 5.09. The van der Waals surface area contributed by atoms with Gasteiger partial charge < -0.3 is 36.1 Å². The van der Waals surface area contributed by atoms with Crippen molar-refractivity contribution in [3.63, 3.8) is 0 Å². The zero-order valence-corrected chi connectivity index (χ0v) is 27.1. The molecule has 0 radical (unpaired) electrons. The molecule has 234 valence electrons. The number of thiazole rings is 1. The average Bonchev–Trinajstić information content (AvgIpc) is 3.42. The molecule has 2 saturated heterocycles. The van der Waals surface area contributed by atoms with E-state index in [0.717, 1.165) is 86.9 Å². The average molecular weight is 594 g/mol. The molecule has 11 heteroatoms. The third-order valence-corrected chi connectivity index (χ3v) is 6.04. The molecule has 4 heterocycles. The van der Waals surface area contributed by atoms with Gasteiger partial charge in [-0.05, 0) is 64.6 Å². The maximum absolute atomic E-state index is 11.2. The Morgan fingerprint density at radius 1 is 1.32 bits per heavy atom. The van der Waals surface area contributed by atoms with Crippen molar-refractivity contribution in [1.82, 2.24) is 25.5 Å². The van der Waals surface area contributed by atoms with Crippen molar-refractivity contribution in [3.05, 3.63) is 42.8 Å². The lowest BCUT2D eigenvalue weighted by Crippen LogP contribution is -2.46. The number of likely N-dealkylation sites (tertiary alicyclic amines) is 1. The van der Waals surface area contributed by atoms with E-state index in [1.165, 1.54) is 18.7 Å². The van der Waals surface area contributed by atoms with E-state index in [1.54, 1.807) is 24.5 Å². The van der Waals surface area contributed by atoms with Gasteiger partial charge in [-0.25, -0.2) is 9.97 Å². The number of fused-ring (bicyclic) bond motifs is 1. The summed E-state index contributed by atoms with van der Waals surface area (Å²) in [5.74, 6) is 0.0509. The molecular weight excluding hydrogens is 538 g/mol. The highest BCUT2D eigenvalue weighted by atomic mass is 32.1. The number of rotatable bonds is 5. The molecule has 4 rings (SSSR count). The highest BCUT2D eigenvalue weighted by Gasteiger charge is 2.20. The Morgan fingerprint density at radius 3 is 2.41 bits per heavy atom.